The van der Waals surface area contributed by atoms with Gasteiger partial charge in [0.2, 0.25) is 5.91 Å². The fourth-order valence-electron chi connectivity index (χ4n) is 3.28. The van der Waals surface area contributed by atoms with Crippen LogP contribution in [0.25, 0.3) is 22.2 Å². The number of ether oxygens (including phenoxy) is 1. The normalized spacial score (nSPS) is 13.8. The molecule has 1 amide bonds. The summed E-state index contributed by atoms with van der Waals surface area (Å²) in [5.41, 5.74) is 9.06. The van der Waals surface area contributed by atoms with E-state index in [9.17, 15) is 9.59 Å². The number of nitrogens with zero attached hydrogens (tertiary/aromatic N) is 3. The summed E-state index contributed by atoms with van der Waals surface area (Å²) in [6.07, 6.45) is 3.16. The third-order valence-corrected chi connectivity index (χ3v) is 5.00. The number of hydrogen-bond donors (Lipinski definition) is 4. The van der Waals surface area contributed by atoms with Gasteiger partial charge in [-0.1, -0.05) is 18.2 Å². The maximum Gasteiger partial charge on any atom is 0.340 e. The van der Waals surface area contributed by atoms with E-state index in [0.29, 0.717) is 33.5 Å². The number of aromatic nitrogens is 2. The van der Waals surface area contributed by atoms with Crippen molar-refractivity contribution in [2.75, 3.05) is 19.5 Å². The molecule has 31 heavy (non-hydrogen) atoms. The highest BCUT2D eigenvalue weighted by molar-refractivity contribution is 6.10. The predicted octanol–water partition coefficient (Wildman–Crippen LogP) is 1.79. The van der Waals surface area contributed by atoms with Crippen LogP contribution in [0.3, 0.4) is 0 Å². The first-order valence-electron chi connectivity index (χ1n) is 9.71. The smallest absolute Gasteiger partial charge is 0.340 e. The average molecular weight is 421 g/mol. The number of amides is 1. The van der Waals surface area contributed by atoms with Crippen molar-refractivity contribution in [3.8, 4) is 11.3 Å². The van der Waals surface area contributed by atoms with Crippen molar-refractivity contribution in [2.24, 2.45) is 22.6 Å². The number of anilines is 1. The quantitative estimate of drug-likeness (QED) is 0.156. The number of methoxy groups -OCH3 is 1. The van der Waals surface area contributed by atoms with Gasteiger partial charge in [0.15, 0.2) is 11.7 Å². The van der Waals surface area contributed by atoms with Crippen molar-refractivity contribution < 1.29 is 14.3 Å². The molecule has 0 aliphatic heterocycles. The van der Waals surface area contributed by atoms with Gasteiger partial charge in [0.1, 0.15) is 0 Å². The van der Waals surface area contributed by atoms with Crippen molar-refractivity contribution in [3.63, 3.8) is 0 Å². The Labute approximate surface area is 178 Å². The number of nitrogens with two attached hydrogens (primary N) is 2. The second kappa shape index (κ2) is 8.07. The number of H-pyrrole nitrogens is 1. The number of hydrazine groups is 1. The number of rotatable bonds is 6. The molecule has 6 N–H and O–H groups in total. The SMILES string of the molecule is COC(=O)c1cnc(NC(=O)C2CC2)c2[nH]c(-c3cccc(/C(N)=N/N(C)N)c3)cc12. The van der Waals surface area contributed by atoms with Gasteiger partial charge in [-0.05, 0) is 30.5 Å². The fraction of sp³-hybridized carbons (Fsp3) is 0.238. The number of fused-ring (bicyclic) bond motifs is 1. The van der Waals surface area contributed by atoms with Crippen LogP contribution in [0.2, 0.25) is 0 Å². The molecule has 2 heterocycles. The lowest BCUT2D eigenvalue weighted by Gasteiger charge is -2.08. The van der Waals surface area contributed by atoms with Crippen LogP contribution in [0.1, 0.15) is 28.8 Å². The largest absolute Gasteiger partial charge is 0.465 e. The van der Waals surface area contributed by atoms with E-state index in [2.05, 4.69) is 20.4 Å². The van der Waals surface area contributed by atoms with Gasteiger partial charge >= 0.3 is 5.97 Å². The van der Waals surface area contributed by atoms with E-state index in [1.54, 1.807) is 7.05 Å². The van der Waals surface area contributed by atoms with Gasteiger partial charge in [0.05, 0.1) is 18.2 Å². The van der Waals surface area contributed by atoms with Crippen LogP contribution in [0.4, 0.5) is 5.82 Å². The summed E-state index contributed by atoms with van der Waals surface area (Å²) in [5, 5.41) is 8.60. The Kier molecular flexibility index (Phi) is 5.30. The summed E-state index contributed by atoms with van der Waals surface area (Å²) in [6, 6.07) is 9.21. The first kappa shape index (κ1) is 20.4. The number of amidine groups is 1. The van der Waals surface area contributed by atoms with Gasteiger partial charge in [-0.15, -0.1) is 5.10 Å². The summed E-state index contributed by atoms with van der Waals surface area (Å²) in [4.78, 5) is 32.1. The van der Waals surface area contributed by atoms with Crippen LogP contribution in [0.5, 0.6) is 0 Å². The number of esters is 1. The lowest BCUT2D eigenvalue weighted by Crippen LogP contribution is -2.25. The van der Waals surface area contributed by atoms with Crippen molar-refractivity contribution in [1.29, 1.82) is 0 Å². The number of nitrogens with one attached hydrogen (secondary N) is 2. The third-order valence-electron chi connectivity index (χ3n) is 5.00. The molecule has 1 aromatic carbocycles. The lowest BCUT2D eigenvalue weighted by atomic mass is 10.1. The molecule has 1 aliphatic rings. The van der Waals surface area contributed by atoms with Crippen molar-refractivity contribution >= 4 is 34.4 Å². The molecule has 1 fully saturated rings. The van der Waals surface area contributed by atoms with Crippen LogP contribution >= 0.6 is 0 Å². The van der Waals surface area contributed by atoms with E-state index in [0.717, 1.165) is 23.5 Å². The number of hydrazone groups is 1. The van der Waals surface area contributed by atoms with E-state index < -0.39 is 5.97 Å². The zero-order valence-corrected chi connectivity index (χ0v) is 17.2. The second-order valence-electron chi connectivity index (χ2n) is 7.39. The highest BCUT2D eigenvalue weighted by atomic mass is 16.5. The van der Waals surface area contributed by atoms with Gasteiger partial charge in [0.25, 0.3) is 0 Å². The first-order valence-corrected chi connectivity index (χ1v) is 9.71. The standard InChI is InChI=1S/C21H23N7O3/c1-28(23)27-18(22)13-5-3-4-12(8-13)16-9-14-15(21(30)31-2)10-24-19(17(14)25-16)26-20(29)11-6-7-11/h3-5,8-11,25H,6-7,23H2,1-2H3,(H2,22,27)(H,24,26,29). The van der Waals surface area contributed by atoms with Crippen LogP contribution in [0, 0.1) is 5.92 Å². The second-order valence-corrected chi connectivity index (χ2v) is 7.39. The molecule has 0 saturated heterocycles. The molecule has 160 valence electrons. The molecule has 4 rings (SSSR count). The molecule has 0 radical (unpaired) electrons. The minimum atomic E-state index is -0.515. The Balaban J connectivity index is 1.80. The molecule has 0 spiro atoms. The summed E-state index contributed by atoms with van der Waals surface area (Å²) >= 11 is 0. The zero-order valence-electron chi connectivity index (χ0n) is 17.2. The maximum atomic E-state index is 12.3. The Bertz CT molecular complexity index is 1190. The van der Waals surface area contributed by atoms with E-state index in [1.807, 2.05) is 30.3 Å². The Morgan fingerprint density at radius 3 is 2.77 bits per heavy atom. The highest BCUT2D eigenvalue weighted by Gasteiger charge is 2.30. The van der Waals surface area contributed by atoms with Gasteiger partial charge in [0, 0.05) is 35.8 Å². The summed E-state index contributed by atoms with van der Waals surface area (Å²) < 4.78 is 4.89. The van der Waals surface area contributed by atoms with Gasteiger partial charge < -0.3 is 20.8 Å². The molecule has 1 saturated carbocycles. The first-order chi connectivity index (χ1) is 14.9. The molecule has 1 aliphatic carbocycles. The van der Waals surface area contributed by atoms with Crippen LogP contribution in [0.15, 0.2) is 41.6 Å². The van der Waals surface area contributed by atoms with Crippen molar-refractivity contribution in [2.45, 2.75) is 12.8 Å². The Hall–Kier alpha value is -3.92. The molecule has 2 aromatic heterocycles. The highest BCUT2D eigenvalue weighted by Crippen LogP contribution is 2.33. The topological polar surface area (TPSA) is 152 Å². The summed E-state index contributed by atoms with van der Waals surface area (Å²) in [6.45, 7) is 0. The minimum absolute atomic E-state index is 0.0196. The molecule has 10 nitrogen and oxygen atoms in total. The molecule has 0 bridgehead atoms. The van der Waals surface area contributed by atoms with Crippen molar-refractivity contribution in [3.05, 3.63) is 47.7 Å². The van der Waals surface area contributed by atoms with Gasteiger partial charge in [-0.3, -0.25) is 4.79 Å². The van der Waals surface area contributed by atoms with Crippen molar-refractivity contribution in [1.82, 2.24) is 15.1 Å². The molecule has 3 aromatic rings. The number of carbonyl (C=O) groups excluding carboxylic acids is 2. The molecule has 10 heteroatoms. The number of benzene rings is 1. The fourth-order valence-corrected chi connectivity index (χ4v) is 3.28. The molecular formula is C21H23N7O3. The van der Waals surface area contributed by atoms with Crippen LogP contribution in [-0.4, -0.2) is 47.0 Å². The summed E-state index contributed by atoms with van der Waals surface area (Å²) in [7, 11) is 2.89. The third kappa shape index (κ3) is 4.19. The van der Waals surface area contributed by atoms with E-state index in [-0.39, 0.29) is 17.7 Å². The maximum absolute atomic E-state index is 12.3. The number of hydrogen-bond acceptors (Lipinski definition) is 7. The zero-order chi connectivity index (χ0) is 22.1. The Morgan fingerprint density at radius 2 is 2.10 bits per heavy atom. The number of carbonyl (C=O) groups is 2. The molecular weight excluding hydrogens is 398 g/mol. The van der Waals surface area contributed by atoms with E-state index >= 15 is 0 Å². The van der Waals surface area contributed by atoms with Gasteiger partial charge in [-0.25, -0.2) is 20.7 Å². The minimum Gasteiger partial charge on any atom is -0.465 e. The monoisotopic (exact) mass is 421 g/mol. The lowest BCUT2D eigenvalue weighted by molar-refractivity contribution is -0.117. The van der Waals surface area contributed by atoms with E-state index in [1.165, 1.54) is 13.3 Å². The van der Waals surface area contributed by atoms with Crippen LogP contribution < -0.4 is 16.9 Å². The molecule has 0 atom stereocenters. The van der Waals surface area contributed by atoms with E-state index in [4.69, 9.17) is 16.3 Å². The predicted molar refractivity (Wildman–Crippen MR) is 117 cm³/mol. The number of aromatic amines is 1. The number of pyridine rings is 1. The van der Waals surface area contributed by atoms with Gasteiger partial charge in [-0.2, -0.15) is 0 Å². The summed E-state index contributed by atoms with van der Waals surface area (Å²) in [5.74, 6) is 5.60. The molecule has 0 unspecified atom stereocenters. The Morgan fingerprint density at radius 1 is 1.32 bits per heavy atom. The average Bonchev–Trinajstić information content (AvgIpc) is 3.51. The van der Waals surface area contributed by atoms with Crippen LogP contribution in [-0.2, 0) is 9.53 Å².